The normalized spacial score (nSPS) is 13.3. The van der Waals surface area contributed by atoms with Gasteiger partial charge in [-0.25, -0.2) is 0 Å². The van der Waals surface area contributed by atoms with Crippen LogP contribution in [0.2, 0.25) is 0 Å². The molecule has 0 aliphatic carbocycles. The Morgan fingerprint density at radius 2 is 1.08 bits per heavy atom. The third-order valence-corrected chi connectivity index (χ3v) is 12.7. The van der Waals surface area contributed by atoms with Crippen molar-refractivity contribution in [2.45, 2.75) is 12.8 Å². The lowest BCUT2D eigenvalue weighted by Crippen LogP contribution is -2.37. The van der Waals surface area contributed by atoms with E-state index in [2.05, 4.69) is 32.2 Å². The quantitative estimate of drug-likeness (QED) is 0.0910. The Kier molecular flexibility index (Phi) is 16.9. The van der Waals surface area contributed by atoms with E-state index >= 15 is 0 Å². The molecule has 0 radical (unpaired) electrons. The number of aromatic nitrogens is 4. The predicted molar refractivity (Wildman–Crippen MR) is 287 cm³/mol. The average Bonchev–Trinajstić information content (AvgIpc) is 3.47. The number of ether oxygens (including phenoxy) is 8. The summed E-state index contributed by atoms with van der Waals surface area (Å²) < 4.78 is 44.6. The van der Waals surface area contributed by atoms with E-state index in [9.17, 15) is 10.1 Å². The molecular weight excluding hydrogens is 953 g/mol. The molecule has 0 unspecified atom stereocenters. The molecule has 6 aromatic carbocycles. The molecule has 384 valence electrons. The zero-order chi connectivity index (χ0) is 51.9. The number of carbonyl (C=O) groups is 1. The summed E-state index contributed by atoms with van der Waals surface area (Å²) in [6.07, 6.45) is 1.32. The third-order valence-electron chi connectivity index (χ3n) is 12.7. The highest BCUT2D eigenvalue weighted by molar-refractivity contribution is 6.05. The van der Waals surface area contributed by atoms with Crippen molar-refractivity contribution in [1.29, 1.82) is 5.26 Å². The topological polar surface area (TPSA) is 185 Å². The van der Waals surface area contributed by atoms with Crippen LogP contribution in [0.4, 0.5) is 17.3 Å². The number of amides is 1. The van der Waals surface area contributed by atoms with E-state index in [-0.39, 0.29) is 5.91 Å². The van der Waals surface area contributed by atoms with E-state index in [1.54, 1.807) is 40.6 Å². The molecule has 0 atom stereocenters. The summed E-state index contributed by atoms with van der Waals surface area (Å²) in [5.74, 6) is 4.14. The van der Waals surface area contributed by atoms with Crippen molar-refractivity contribution in [2.75, 3.05) is 109 Å². The largest absolute Gasteiger partial charge is 0.493 e. The Balaban J connectivity index is 0.000000184. The summed E-state index contributed by atoms with van der Waals surface area (Å²) in [5, 5.41) is 14.3. The van der Waals surface area contributed by atoms with Gasteiger partial charge in [0.25, 0.3) is 5.91 Å². The number of nitrogens with zero attached hydrogens (tertiary/aromatic N) is 7. The molecule has 0 spiro atoms. The van der Waals surface area contributed by atoms with Crippen LogP contribution >= 0.6 is 0 Å². The molecule has 1 N–H and O–H groups in total. The van der Waals surface area contributed by atoms with Crippen LogP contribution < -0.4 is 43.5 Å². The van der Waals surface area contributed by atoms with Crippen LogP contribution in [0.15, 0.2) is 127 Å². The number of anilines is 3. The van der Waals surface area contributed by atoms with Crippen molar-refractivity contribution in [3.05, 3.63) is 150 Å². The summed E-state index contributed by atoms with van der Waals surface area (Å²) in [6, 6.07) is 42.9. The maximum absolute atomic E-state index is 12.7. The van der Waals surface area contributed by atoms with Crippen molar-refractivity contribution < 1.29 is 42.7 Å². The van der Waals surface area contributed by atoms with Gasteiger partial charge in [0.05, 0.1) is 90.7 Å². The van der Waals surface area contributed by atoms with Crippen LogP contribution in [0.5, 0.6) is 35.0 Å². The molecule has 17 heteroatoms. The maximum Gasteiger partial charge on any atom is 0.318 e. The summed E-state index contributed by atoms with van der Waals surface area (Å²) >= 11 is 0. The van der Waals surface area contributed by atoms with E-state index in [0.29, 0.717) is 117 Å². The highest BCUT2D eigenvalue weighted by Crippen LogP contribution is 2.34. The SMILES string of the molecule is COc1ccc(CCOc2nc(N3CCOCC3)c3cc(-c4ccccc4C#N)ccc3n2)cc1OC.COc1ccc(CCOc2nc(N3CCOCC3)c3cc(NC(=O)c4ccccc4)ccc3n2)cc1OC. The molecule has 10 rings (SSSR count). The molecular formula is C58H58N8O9. The molecule has 4 heterocycles. The van der Waals surface area contributed by atoms with E-state index in [1.165, 1.54) is 0 Å². The molecule has 1 amide bonds. The van der Waals surface area contributed by atoms with Crippen molar-refractivity contribution in [2.24, 2.45) is 0 Å². The molecule has 2 aromatic heterocycles. The minimum Gasteiger partial charge on any atom is -0.493 e. The second kappa shape index (κ2) is 24.8. The molecule has 75 heavy (non-hydrogen) atoms. The first kappa shape index (κ1) is 51.2. The number of morpholine rings is 2. The lowest BCUT2D eigenvalue weighted by molar-refractivity contribution is 0.102. The fourth-order valence-electron chi connectivity index (χ4n) is 8.81. The predicted octanol–water partition coefficient (Wildman–Crippen LogP) is 9.00. The monoisotopic (exact) mass is 1010 g/mol. The first-order chi connectivity index (χ1) is 36.8. The van der Waals surface area contributed by atoms with Gasteiger partial charge < -0.3 is 53.0 Å². The molecule has 0 saturated carbocycles. The van der Waals surface area contributed by atoms with Crippen LogP contribution in [0.25, 0.3) is 32.9 Å². The van der Waals surface area contributed by atoms with Gasteiger partial charge in [-0.2, -0.15) is 25.2 Å². The second-order valence-corrected chi connectivity index (χ2v) is 17.4. The Morgan fingerprint density at radius 1 is 0.573 bits per heavy atom. The summed E-state index contributed by atoms with van der Waals surface area (Å²) in [4.78, 5) is 36.0. The van der Waals surface area contributed by atoms with Crippen molar-refractivity contribution >= 4 is 45.0 Å². The van der Waals surface area contributed by atoms with Gasteiger partial charge in [0.15, 0.2) is 23.0 Å². The highest BCUT2D eigenvalue weighted by Gasteiger charge is 2.21. The van der Waals surface area contributed by atoms with Gasteiger partial charge >= 0.3 is 12.0 Å². The molecule has 8 aromatic rings. The van der Waals surface area contributed by atoms with E-state index in [4.69, 9.17) is 52.8 Å². The third kappa shape index (κ3) is 12.6. The fourth-order valence-corrected chi connectivity index (χ4v) is 8.81. The van der Waals surface area contributed by atoms with Crippen LogP contribution in [0.3, 0.4) is 0 Å². The Morgan fingerprint density at radius 3 is 1.61 bits per heavy atom. The first-order valence-corrected chi connectivity index (χ1v) is 24.7. The zero-order valence-electron chi connectivity index (χ0n) is 42.4. The van der Waals surface area contributed by atoms with Gasteiger partial charge in [-0.1, -0.05) is 54.6 Å². The van der Waals surface area contributed by atoms with Crippen molar-refractivity contribution in [1.82, 2.24) is 19.9 Å². The molecule has 0 bridgehead atoms. The maximum atomic E-state index is 12.7. The van der Waals surface area contributed by atoms with Gasteiger partial charge in [0.2, 0.25) is 0 Å². The van der Waals surface area contributed by atoms with Crippen LogP contribution in [0, 0.1) is 11.3 Å². The lowest BCUT2D eigenvalue weighted by atomic mass is 9.99. The Hall–Kier alpha value is -8.72. The van der Waals surface area contributed by atoms with Crippen LogP contribution in [-0.4, -0.2) is 120 Å². The van der Waals surface area contributed by atoms with Crippen molar-refractivity contribution in [3.63, 3.8) is 0 Å². The highest BCUT2D eigenvalue weighted by atomic mass is 16.5. The number of benzene rings is 6. The summed E-state index contributed by atoms with van der Waals surface area (Å²) in [6.45, 7) is 6.20. The Labute approximate surface area is 435 Å². The number of hydrogen-bond donors (Lipinski definition) is 1. The number of fused-ring (bicyclic) bond motifs is 2. The van der Waals surface area contributed by atoms with Gasteiger partial charge in [-0.05, 0) is 95.1 Å². The molecule has 2 aliphatic heterocycles. The smallest absolute Gasteiger partial charge is 0.318 e. The summed E-state index contributed by atoms with van der Waals surface area (Å²) in [7, 11) is 6.48. The number of carbonyl (C=O) groups excluding carboxylic acids is 1. The minimum atomic E-state index is -0.172. The standard InChI is InChI=1S/C29H30N4O5.C29H28N4O4/c1-35-25-11-8-20(18-26(25)36-2)12-15-38-29-31-24-10-9-22(30-28(34)21-6-4-3-5-7-21)19-23(24)27(32-29)33-13-16-37-17-14-33;1-34-26-10-7-20(17-27(26)35-2)11-14-37-29-31-25-9-8-21(23-6-4-3-5-22(23)19-30)18-24(25)28(32-29)33-12-15-36-16-13-33/h3-11,18-19H,12-17H2,1-2H3,(H,30,34);3-10,17-18H,11-16H2,1-2H3. The van der Waals surface area contributed by atoms with Gasteiger partial charge in [-0.3, -0.25) is 4.79 Å². The van der Waals surface area contributed by atoms with E-state index in [1.807, 2.05) is 109 Å². The molecule has 2 aliphatic rings. The first-order valence-electron chi connectivity index (χ1n) is 24.7. The minimum absolute atomic E-state index is 0.172. The van der Waals surface area contributed by atoms with E-state index < -0.39 is 0 Å². The van der Waals surface area contributed by atoms with Gasteiger partial charge in [0, 0.05) is 61.0 Å². The molecule has 17 nitrogen and oxygen atoms in total. The van der Waals surface area contributed by atoms with Crippen LogP contribution in [0.1, 0.15) is 27.0 Å². The van der Waals surface area contributed by atoms with Crippen LogP contribution in [-0.2, 0) is 22.3 Å². The lowest BCUT2D eigenvalue weighted by Gasteiger charge is -2.29. The second-order valence-electron chi connectivity index (χ2n) is 17.4. The summed E-state index contributed by atoms with van der Waals surface area (Å²) in [5.41, 5.74) is 7.37. The van der Waals surface area contributed by atoms with E-state index in [0.717, 1.165) is 68.8 Å². The fraction of sp³-hybridized carbons (Fsp3) is 0.276. The number of nitriles is 1. The Bertz CT molecular complexity index is 3290. The number of hydrogen-bond acceptors (Lipinski definition) is 16. The van der Waals surface area contributed by atoms with Gasteiger partial charge in [0.1, 0.15) is 11.6 Å². The number of methoxy groups -OCH3 is 4. The average molecular weight is 1010 g/mol. The number of rotatable bonds is 17. The molecule has 2 saturated heterocycles. The van der Waals surface area contributed by atoms with Gasteiger partial charge in [-0.15, -0.1) is 0 Å². The zero-order valence-corrected chi connectivity index (χ0v) is 42.4. The molecule has 2 fully saturated rings. The van der Waals surface area contributed by atoms with Crippen molar-refractivity contribution in [3.8, 4) is 52.2 Å². The number of nitrogens with one attached hydrogen (secondary N) is 1.